The van der Waals surface area contributed by atoms with Crippen LogP contribution in [0.5, 0.6) is 0 Å². The summed E-state index contributed by atoms with van der Waals surface area (Å²) < 4.78 is 0. The molecule has 0 fully saturated rings. The van der Waals surface area contributed by atoms with E-state index < -0.39 is 0 Å². The molecule has 0 aliphatic rings. The lowest BCUT2D eigenvalue weighted by molar-refractivity contribution is -0.131. The van der Waals surface area contributed by atoms with Gasteiger partial charge in [-0.1, -0.05) is 146 Å². The van der Waals surface area contributed by atoms with E-state index in [1.807, 2.05) is 0 Å². The second-order valence-corrected chi connectivity index (χ2v) is 16.2. The lowest BCUT2D eigenvalue weighted by Gasteiger charge is -2.35. The van der Waals surface area contributed by atoms with Gasteiger partial charge in [0.1, 0.15) is 5.78 Å². The summed E-state index contributed by atoms with van der Waals surface area (Å²) in [6.07, 6.45) is 6.66. The molecule has 0 spiro atoms. The van der Waals surface area contributed by atoms with Crippen LogP contribution in [0, 0.1) is 23.7 Å². The SMILES string of the molecule is CC(C)=CC(CC(C)C(CN(C)C)C(=O)C(CN(C)C)C(C)CC(C=C(C)C)c1ccc(-c2ccccc2)cc1)c1ccc(-c2ccccc2)cc1. The first kappa shape index (κ1) is 40.7. The van der Waals surface area contributed by atoms with Gasteiger partial charge >= 0.3 is 0 Å². The third kappa shape index (κ3) is 12.0. The zero-order valence-electron chi connectivity index (χ0n) is 33.6. The number of hydrogen-bond donors (Lipinski definition) is 0. The summed E-state index contributed by atoms with van der Waals surface area (Å²) in [5.41, 5.74) is 10.2. The number of hydrogen-bond acceptors (Lipinski definition) is 3. The zero-order valence-corrected chi connectivity index (χ0v) is 33.6. The molecule has 0 saturated heterocycles. The van der Waals surface area contributed by atoms with Gasteiger partial charge in [-0.05, 0) is 114 Å². The molecule has 52 heavy (non-hydrogen) atoms. The molecule has 6 atom stereocenters. The highest BCUT2D eigenvalue weighted by atomic mass is 16.1. The molecule has 6 unspecified atom stereocenters. The maximum atomic E-state index is 15.0. The van der Waals surface area contributed by atoms with Gasteiger partial charge in [0.05, 0.1) is 0 Å². The Balaban J connectivity index is 1.59. The molecule has 0 heterocycles. The van der Waals surface area contributed by atoms with Gasteiger partial charge in [-0.3, -0.25) is 4.79 Å². The average molecular weight is 697 g/mol. The average Bonchev–Trinajstić information content (AvgIpc) is 3.12. The second-order valence-electron chi connectivity index (χ2n) is 16.2. The summed E-state index contributed by atoms with van der Waals surface area (Å²) in [6, 6.07) is 39.3. The van der Waals surface area contributed by atoms with Gasteiger partial charge < -0.3 is 9.80 Å². The van der Waals surface area contributed by atoms with E-state index >= 15 is 0 Å². The molecule has 0 radical (unpaired) electrons. The fourth-order valence-electron chi connectivity index (χ4n) is 7.80. The topological polar surface area (TPSA) is 23.6 Å². The van der Waals surface area contributed by atoms with Crippen LogP contribution in [0.3, 0.4) is 0 Å². The third-order valence-electron chi connectivity index (χ3n) is 10.4. The Hall–Kier alpha value is -4.05. The highest BCUT2D eigenvalue weighted by molar-refractivity contribution is 5.84. The first-order chi connectivity index (χ1) is 24.8. The number of rotatable bonds is 18. The Kier molecular flexibility index (Phi) is 15.4. The van der Waals surface area contributed by atoms with E-state index in [1.54, 1.807) is 0 Å². The number of carbonyl (C=O) groups excluding carboxylic acids is 1. The number of ketones is 1. The van der Waals surface area contributed by atoms with Crippen molar-refractivity contribution in [3.05, 3.63) is 144 Å². The molecule has 0 aliphatic carbocycles. The molecule has 3 nitrogen and oxygen atoms in total. The van der Waals surface area contributed by atoms with Crippen molar-refractivity contribution in [1.82, 2.24) is 9.80 Å². The Morgan fingerprint density at radius 1 is 0.500 bits per heavy atom. The van der Waals surface area contributed by atoms with Crippen LogP contribution in [0.15, 0.2) is 132 Å². The van der Waals surface area contributed by atoms with Gasteiger partial charge in [0.25, 0.3) is 0 Å². The minimum Gasteiger partial charge on any atom is -0.309 e. The van der Waals surface area contributed by atoms with Crippen LogP contribution in [-0.2, 0) is 4.79 Å². The predicted octanol–water partition coefficient (Wildman–Crippen LogP) is 11.8. The van der Waals surface area contributed by atoms with Gasteiger partial charge in [-0.2, -0.15) is 0 Å². The third-order valence-corrected chi connectivity index (χ3v) is 10.4. The van der Waals surface area contributed by atoms with Crippen molar-refractivity contribution >= 4 is 5.78 Å². The van der Waals surface area contributed by atoms with Crippen LogP contribution in [0.4, 0.5) is 0 Å². The molecule has 0 bridgehead atoms. The number of benzene rings is 4. The first-order valence-electron chi connectivity index (χ1n) is 19.3. The van der Waals surface area contributed by atoms with E-state index in [2.05, 4.69) is 201 Å². The van der Waals surface area contributed by atoms with Crippen molar-refractivity contribution in [1.29, 1.82) is 0 Å². The van der Waals surface area contributed by atoms with Gasteiger partial charge in [-0.25, -0.2) is 0 Å². The van der Waals surface area contributed by atoms with Gasteiger partial charge in [0.2, 0.25) is 0 Å². The monoisotopic (exact) mass is 697 g/mol. The molecule has 0 N–H and O–H groups in total. The van der Waals surface area contributed by atoms with Crippen molar-refractivity contribution in [2.24, 2.45) is 23.7 Å². The molecule has 4 aromatic rings. The lowest BCUT2D eigenvalue weighted by atomic mass is 9.73. The van der Waals surface area contributed by atoms with Gasteiger partial charge in [0, 0.05) is 36.8 Å². The van der Waals surface area contributed by atoms with Crippen molar-refractivity contribution < 1.29 is 4.79 Å². The molecule has 0 amide bonds. The van der Waals surface area contributed by atoms with E-state index in [-0.39, 0.29) is 35.5 Å². The maximum absolute atomic E-state index is 15.0. The largest absolute Gasteiger partial charge is 0.309 e. The molecule has 0 saturated carbocycles. The molecular weight excluding hydrogens is 633 g/mol. The normalized spacial score (nSPS) is 15.0. The van der Waals surface area contributed by atoms with Crippen molar-refractivity contribution in [3.63, 3.8) is 0 Å². The number of allylic oxidation sites excluding steroid dienone is 4. The Labute approximate surface area is 316 Å². The fourth-order valence-corrected chi connectivity index (χ4v) is 7.80. The van der Waals surface area contributed by atoms with Crippen LogP contribution >= 0.6 is 0 Å². The van der Waals surface area contributed by atoms with Crippen molar-refractivity contribution in [3.8, 4) is 22.3 Å². The summed E-state index contributed by atoms with van der Waals surface area (Å²) in [5.74, 6) is 1.19. The summed E-state index contributed by atoms with van der Waals surface area (Å²) in [5, 5.41) is 0. The van der Waals surface area contributed by atoms with Crippen LogP contribution in [0.2, 0.25) is 0 Å². The van der Waals surface area contributed by atoms with Crippen molar-refractivity contribution in [2.75, 3.05) is 41.3 Å². The van der Waals surface area contributed by atoms with E-state index in [9.17, 15) is 4.79 Å². The molecule has 276 valence electrons. The maximum Gasteiger partial charge on any atom is 0.142 e. The highest BCUT2D eigenvalue weighted by Gasteiger charge is 2.36. The van der Waals surface area contributed by atoms with Crippen LogP contribution < -0.4 is 0 Å². The quantitative estimate of drug-likeness (QED) is 0.0968. The van der Waals surface area contributed by atoms with E-state index in [1.165, 1.54) is 44.5 Å². The lowest BCUT2D eigenvalue weighted by Crippen LogP contribution is -2.42. The highest BCUT2D eigenvalue weighted by Crippen LogP contribution is 2.37. The predicted molar refractivity (Wildman–Crippen MR) is 225 cm³/mol. The van der Waals surface area contributed by atoms with E-state index in [4.69, 9.17) is 0 Å². The number of nitrogens with zero attached hydrogens (tertiary/aromatic N) is 2. The summed E-state index contributed by atoms with van der Waals surface area (Å²) in [7, 11) is 8.43. The van der Waals surface area contributed by atoms with Crippen LogP contribution in [0.25, 0.3) is 22.3 Å². The first-order valence-corrected chi connectivity index (χ1v) is 19.3. The molecule has 4 rings (SSSR count). The molecule has 0 aromatic heterocycles. The number of Topliss-reactive ketones (excluding diaryl/α,β-unsaturated/α-hetero) is 1. The van der Waals surface area contributed by atoms with Gasteiger partial charge in [-0.15, -0.1) is 0 Å². The fraction of sp³-hybridized carbons (Fsp3) is 0.408. The Bertz CT molecular complexity index is 1580. The van der Waals surface area contributed by atoms with Crippen LogP contribution in [-0.4, -0.2) is 56.9 Å². The Morgan fingerprint density at radius 2 is 0.808 bits per heavy atom. The minimum absolute atomic E-state index is 0.0638. The minimum atomic E-state index is -0.0638. The standard InChI is InChI=1S/C49H64N2O/c1-35(2)29-45(43-25-21-41(22-26-43)39-17-13-11-14-18-39)31-37(5)47(33-50(7)8)49(52)48(34-51(9)10)38(6)32-46(30-36(3)4)44-27-23-42(24-28-44)40-19-15-12-16-20-40/h11-30,37-38,45-48H,31-34H2,1-10H3. The Morgan fingerprint density at radius 3 is 1.10 bits per heavy atom. The summed E-state index contributed by atoms with van der Waals surface area (Å²) >= 11 is 0. The molecule has 3 heteroatoms. The van der Waals surface area contributed by atoms with E-state index in [0.717, 1.165) is 25.9 Å². The molecule has 4 aromatic carbocycles. The van der Waals surface area contributed by atoms with Crippen molar-refractivity contribution in [2.45, 2.75) is 66.2 Å². The van der Waals surface area contributed by atoms with Gasteiger partial charge in [0.15, 0.2) is 0 Å². The smallest absolute Gasteiger partial charge is 0.142 e. The second kappa shape index (κ2) is 19.7. The zero-order chi connectivity index (χ0) is 37.8. The molecule has 0 aliphatic heterocycles. The molecular formula is C49H64N2O. The number of carbonyl (C=O) groups is 1. The van der Waals surface area contributed by atoms with E-state index in [0.29, 0.717) is 5.78 Å². The van der Waals surface area contributed by atoms with Crippen LogP contribution in [0.1, 0.15) is 77.3 Å². The summed E-state index contributed by atoms with van der Waals surface area (Å²) in [4.78, 5) is 19.4. The summed E-state index contributed by atoms with van der Waals surface area (Å²) in [6.45, 7) is 14.9.